The lowest BCUT2D eigenvalue weighted by Crippen LogP contribution is -2.37. The molecule has 0 aromatic heterocycles. The quantitative estimate of drug-likeness (QED) is 0.753. The summed E-state index contributed by atoms with van der Waals surface area (Å²) >= 11 is 0. The van der Waals surface area contributed by atoms with Crippen LogP contribution >= 0.6 is 0 Å². The van der Waals surface area contributed by atoms with Gasteiger partial charge in [0, 0.05) is 6.54 Å². The number of aryl methyl sites for hydroxylation is 2. The van der Waals surface area contributed by atoms with E-state index in [-0.39, 0.29) is 5.75 Å². The van der Waals surface area contributed by atoms with E-state index in [1.165, 1.54) is 5.56 Å². The van der Waals surface area contributed by atoms with Gasteiger partial charge in [0.25, 0.3) is 0 Å². The van der Waals surface area contributed by atoms with Crippen LogP contribution < -0.4 is 4.31 Å². The first-order chi connectivity index (χ1) is 7.50. The summed E-state index contributed by atoms with van der Waals surface area (Å²) in [5.74, 6) is 0.278. The second-order valence-electron chi connectivity index (χ2n) is 4.36. The van der Waals surface area contributed by atoms with Gasteiger partial charge in [0.15, 0.2) is 0 Å². The van der Waals surface area contributed by atoms with Gasteiger partial charge in [0.05, 0.1) is 11.4 Å². The third-order valence-electron chi connectivity index (χ3n) is 3.13. The summed E-state index contributed by atoms with van der Waals surface area (Å²) in [7, 11) is -3.07. The molecule has 88 valence electrons. The Hall–Kier alpha value is -1.03. The molecule has 0 N–H and O–H groups in total. The summed E-state index contributed by atoms with van der Waals surface area (Å²) in [5.41, 5.74) is 3.14. The van der Waals surface area contributed by atoms with Gasteiger partial charge >= 0.3 is 0 Å². The van der Waals surface area contributed by atoms with Crippen LogP contribution in [0, 0.1) is 13.8 Å². The first-order valence-corrected chi connectivity index (χ1v) is 7.19. The summed E-state index contributed by atoms with van der Waals surface area (Å²) in [4.78, 5) is 0. The molecule has 1 aromatic carbocycles. The first kappa shape index (κ1) is 11.5. The van der Waals surface area contributed by atoms with E-state index < -0.39 is 10.0 Å². The Morgan fingerprint density at radius 2 is 1.88 bits per heavy atom. The first-order valence-electron chi connectivity index (χ1n) is 5.58. The Kier molecular flexibility index (Phi) is 2.93. The molecular formula is C12H17NO2S. The number of rotatable bonds is 1. The Morgan fingerprint density at radius 3 is 2.50 bits per heavy atom. The monoisotopic (exact) mass is 239 g/mol. The third-order valence-corrected chi connectivity index (χ3v) is 5.00. The molecule has 1 saturated heterocycles. The summed E-state index contributed by atoms with van der Waals surface area (Å²) in [6.45, 7) is 4.66. The molecule has 0 bridgehead atoms. The van der Waals surface area contributed by atoms with Crippen molar-refractivity contribution in [3.63, 3.8) is 0 Å². The van der Waals surface area contributed by atoms with Crippen LogP contribution in [0.1, 0.15) is 24.0 Å². The molecule has 1 aromatic rings. The maximum absolute atomic E-state index is 11.9. The van der Waals surface area contributed by atoms with Crippen LogP contribution in [0.15, 0.2) is 18.2 Å². The van der Waals surface area contributed by atoms with Gasteiger partial charge in [0.2, 0.25) is 10.0 Å². The van der Waals surface area contributed by atoms with Crippen molar-refractivity contribution >= 4 is 15.7 Å². The van der Waals surface area contributed by atoms with Crippen LogP contribution in [0.2, 0.25) is 0 Å². The zero-order valence-electron chi connectivity index (χ0n) is 9.73. The van der Waals surface area contributed by atoms with E-state index in [0.717, 1.165) is 24.1 Å². The molecule has 1 fully saturated rings. The van der Waals surface area contributed by atoms with Crippen molar-refractivity contribution in [3.8, 4) is 0 Å². The fourth-order valence-electron chi connectivity index (χ4n) is 1.96. The Balaban J connectivity index is 2.39. The van der Waals surface area contributed by atoms with Gasteiger partial charge < -0.3 is 0 Å². The molecule has 16 heavy (non-hydrogen) atoms. The average molecular weight is 239 g/mol. The molecule has 3 nitrogen and oxygen atoms in total. The van der Waals surface area contributed by atoms with E-state index in [1.54, 1.807) is 4.31 Å². The van der Waals surface area contributed by atoms with Crippen molar-refractivity contribution in [3.05, 3.63) is 29.3 Å². The molecule has 0 spiro atoms. The van der Waals surface area contributed by atoms with E-state index >= 15 is 0 Å². The average Bonchev–Trinajstić information content (AvgIpc) is 2.22. The summed E-state index contributed by atoms with van der Waals surface area (Å²) in [6.07, 6.45) is 1.73. The van der Waals surface area contributed by atoms with Crippen LogP contribution in [0.25, 0.3) is 0 Å². The number of hydrogen-bond donors (Lipinski definition) is 0. The van der Waals surface area contributed by atoms with Gasteiger partial charge in [-0.2, -0.15) is 0 Å². The number of sulfonamides is 1. The van der Waals surface area contributed by atoms with Crippen molar-refractivity contribution in [2.45, 2.75) is 26.7 Å². The smallest absolute Gasteiger partial charge is 0.235 e. The predicted molar refractivity (Wildman–Crippen MR) is 66.3 cm³/mol. The zero-order valence-corrected chi connectivity index (χ0v) is 10.5. The molecule has 1 heterocycles. The van der Waals surface area contributed by atoms with Crippen molar-refractivity contribution in [2.24, 2.45) is 0 Å². The van der Waals surface area contributed by atoms with Gasteiger partial charge in [0.1, 0.15) is 0 Å². The highest BCUT2D eigenvalue weighted by Crippen LogP contribution is 2.25. The maximum Gasteiger partial charge on any atom is 0.235 e. The van der Waals surface area contributed by atoms with Gasteiger partial charge in [-0.25, -0.2) is 8.42 Å². The normalized spacial score (nSPS) is 19.8. The molecule has 0 aliphatic carbocycles. The van der Waals surface area contributed by atoms with Crippen molar-refractivity contribution < 1.29 is 8.42 Å². The van der Waals surface area contributed by atoms with Crippen LogP contribution in [0.4, 0.5) is 5.69 Å². The van der Waals surface area contributed by atoms with E-state index in [9.17, 15) is 8.42 Å². The number of benzene rings is 1. The molecule has 0 saturated carbocycles. The summed E-state index contributed by atoms with van der Waals surface area (Å²) in [6, 6.07) is 5.83. The predicted octanol–water partition coefficient (Wildman–Crippen LogP) is 2.23. The highest BCUT2D eigenvalue weighted by Gasteiger charge is 2.25. The van der Waals surface area contributed by atoms with Gasteiger partial charge in [-0.1, -0.05) is 6.07 Å². The van der Waals surface area contributed by atoms with E-state index in [0.29, 0.717) is 6.54 Å². The zero-order chi connectivity index (χ0) is 11.8. The molecule has 0 atom stereocenters. The van der Waals surface area contributed by atoms with Crippen LogP contribution in [0.3, 0.4) is 0 Å². The standard InChI is InChI=1S/C12H17NO2S/c1-10-5-6-12(9-11(10)2)13-7-3-4-8-16(13,14)15/h5-6,9H,3-4,7-8H2,1-2H3. The van der Waals surface area contributed by atoms with Crippen molar-refractivity contribution in [1.29, 1.82) is 0 Å². The largest absolute Gasteiger partial charge is 0.270 e. The lowest BCUT2D eigenvalue weighted by molar-refractivity contribution is 0.574. The van der Waals surface area contributed by atoms with E-state index in [4.69, 9.17) is 0 Å². The van der Waals surface area contributed by atoms with Gasteiger partial charge in [-0.15, -0.1) is 0 Å². The second-order valence-corrected chi connectivity index (χ2v) is 6.38. The second kappa shape index (κ2) is 4.09. The maximum atomic E-state index is 11.9. The lowest BCUT2D eigenvalue weighted by atomic mass is 10.1. The molecule has 4 heteroatoms. The molecule has 0 unspecified atom stereocenters. The van der Waals surface area contributed by atoms with Crippen molar-refractivity contribution in [2.75, 3.05) is 16.6 Å². The lowest BCUT2D eigenvalue weighted by Gasteiger charge is -2.28. The minimum absolute atomic E-state index is 0.278. The Labute approximate surface area is 97.1 Å². The van der Waals surface area contributed by atoms with Gasteiger partial charge in [-0.05, 0) is 49.9 Å². The number of anilines is 1. The van der Waals surface area contributed by atoms with Crippen LogP contribution in [-0.2, 0) is 10.0 Å². The minimum atomic E-state index is -3.07. The topological polar surface area (TPSA) is 37.4 Å². The molecular weight excluding hydrogens is 222 g/mol. The van der Waals surface area contributed by atoms with E-state index in [2.05, 4.69) is 0 Å². The fourth-order valence-corrected chi connectivity index (χ4v) is 3.59. The molecule has 1 aliphatic heterocycles. The van der Waals surface area contributed by atoms with Crippen molar-refractivity contribution in [1.82, 2.24) is 0 Å². The Morgan fingerprint density at radius 1 is 1.12 bits per heavy atom. The SMILES string of the molecule is Cc1ccc(N2CCCCS2(=O)=O)cc1C. The van der Waals surface area contributed by atoms with E-state index in [1.807, 2.05) is 32.0 Å². The third kappa shape index (κ3) is 2.07. The highest BCUT2D eigenvalue weighted by atomic mass is 32.2. The number of nitrogens with zero attached hydrogens (tertiary/aromatic N) is 1. The van der Waals surface area contributed by atoms with Crippen LogP contribution in [-0.4, -0.2) is 20.7 Å². The minimum Gasteiger partial charge on any atom is -0.270 e. The fraction of sp³-hybridized carbons (Fsp3) is 0.500. The highest BCUT2D eigenvalue weighted by molar-refractivity contribution is 7.92. The molecule has 1 aliphatic rings. The molecule has 0 amide bonds. The van der Waals surface area contributed by atoms with Crippen LogP contribution in [0.5, 0.6) is 0 Å². The molecule has 0 radical (unpaired) electrons. The van der Waals surface area contributed by atoms with Gasteiger partial charge in [-0.3, -0.25) is 4.31 Å². The molecule has 2 rings (SSSR count). The Bertz CT molecular complexity index is 494. The summed E-state index contributed by atoms with van der Waals surface area (Å²) in [5, 5.41) is 0. The summed E-state index contributed by atoms with van der Waals surface area (Å²) < 4.78 is 25.4. The number of hydrogen-bond acceptors (Lipinski definition) is 2.